The Morgan fingerprint density at radius 1 is 0.972 bits per heavy atom. The van der Waals surface area contributed by atoms with Gasteiger partial charge in [-0.15, -0.1) is 11.3 Å². The zero-order valence-corrected chi connectivity index (χ0v) is 20.5. The minimum Gasteiger partial charge on any atom is -0.487 e. The van der Waals surface area contributed by atoms with Crippen molar-refractivity contribution in [1.82, 2.24) is 0 Å². The molecule has 188 valence electrons. The van der Waals surface area contributed by atoms with Crippen molar-refractivity contribution in [2.45, 2.75) is 33.1 Å². The molecule has 0 aliphatic heterocycles. The number of ether oxygens (including phenoxy) is 1. The van der Waals surface area contributed by atoms with Crippen molar-refractivity contribution in [3.8, 4) is 5.75 Å². The molecule has 8 heteroatoms. The highest BCUT2D eigenvalue weighted by Crippen LogP contribution is 2.32. The fourth-order valence-electron chi connectivity index (χ4n) is 3.44. The van der Waals surface area contributed by atoms with E-state index in [-0.39, 0.29) is 18.3 Å². The first-order valence-corrected chi connectivity index (χ1v) is 12.0. The molecule has 36 heavy (non-hydrogen) atoms. The number of carboxylic acids is 1. The molecule has 1 atom stereocenters. The van der Waals surface area contributed by atoms with Gasteiger partial charge >= 0.3 is 12.1 Å². The van der Waals surface area contributed by atoms with Crippen LogP contribution in [0.2, 0.25) is 0 Å². The summed E-state index contributed by atoms with van der Waals surface area (Å²) >= 11 is 1.61. The Bertz CT molecular complexity index is 1310. The Morgan fingerprint density at radius 2 is 1.67 bits per heavy atom. The van der Waals surface area contributed by atoms with E-state index in [1.807, 2.05) is 47.8 Å². The zero-order chi connectivity index (χ0) is 26.3. The molecule has 4 rings (SSSR count). The van der Waals surface area contributed by atoms with Gasteiger partial charge in [-0.3, -0.25) is 9.59 Å². The van der Waals surface area contributed by atoms with Crippen LogP contribution in [0.3, 0.4) is 0 Å². The summed E-state index contributed by atoms with van der Waals surface area (Å²) in [5, 5.41) is 12.3. The number of benzene rings is 3. The lowest BCUT2D eigenvalue weighted by Gasteiger charge is -2.14. The van der Waals surface area contributed by atoms with Crippen LogP contribution in [0.5, 0.6) is 5.75 Å². The number of halogens is 3. The van der Waals surface area contributed by atoms with Crippen molar-refractivity contribution in [2.24, 2.45) is 5.92 Å². The van der Waals surface area contributed by atoms with E-state index in [0.717, 1.165) is 27.8 Å². The van der Waals surface area contributed by atoms with E-state index in [9.17, 15) is 22.8 Å². The third-order valence-electron chi connectivity index (χ3n) is 5.43. The summed E-state index contributed by atoms with van der Waals surface area (Å²) in [4.78, 5) is 23.4. The molecule has 1 heterocycles. The Hall–Kier alpha value is -3.65. The minimum absolute atomic E-state index is 0.0758. The molecule has 0 saturated carbocycles. The Morgan fingerprint density at radius 3 is 2.25 bits per heavy atom. The van der Waals surface area contributed by atoms with E-state index in [4.69, 9.17) is 9.84 Å². The predicted octanol–water partition coefficient (Wildman–Crippen LogP) is 7.65. The van der Waals surface area contributed by atoms with Crippen LogP contribution < -0.4 is 4.74 Å². The number of Topliss-reactive ketones (excluding diaryl/α,β-unsaturated/α-hetero) is 1. The van der Waals surface area contributed by atoms with Gasteiger partial charge in [-0.05, 0) is 53.9 Å². The summed E-state index contributed by atoms with van der Waals surface area (Å²) in [5.41, 5.74) is 0.340. The van der Waals surface area contributed by atoms with E-state index in [1.165, 1.54) is 19.1 Å². The Balaban J connectivity index is 0.000000275. The molecule has 0 fully saturated rings. The molecular formula is C28H25F3O4S. The third-order valence-corrected chi connectivity index (χ3v) is 6.33. The molecule has 1 N–H and O–H groups in total. The van der Waals surface area contributed by atoms with Gasteiger partial charge in [-0.1, -0.05) is 55.5 Å². The van der Waals surface area contributed by atoms with Crippen LogP contribution >= 0.6 is 11.3 Å². The molecule has 0 spiro atoms. The number of hydrogen-bond donors (Lipinski definition) is 1. The molecule has 0 aliphatic rings. The molecule has 0 radical (unpaired) electrons. The molecule has 0 amide bonds. The maximum Gasteiger partial charge on any atom is 0.416 e. The van der Waals surface area contributed by atoms with Gasteiger partial charge in [-0.25, -0.2) is 0 Å². The lowest BCUT2D eigenvalue weighted by atomic mass is 10.0. The zero-order valence-electron chi connectivity index (χ0n) is 19.7. The van der Waals surface area contributed by atoms with Crippen LogP contribution in [-0.4, -0.2) is 16.9 Å². The molecule has 0 saturated heterocycles. The van der Waals surface area contributed by atoms with E-state index in [2.05, 4.69) is 0 Å². The molecule has 4 aromatic rings. The van der Waals surface area contributed by atoms with Crippen molar-refractivity contribution in [3.63, 3.8) is 0 Å². The molecule has 0 aliphatic carbocycles. The number of carboxylic acid groups (broad SMARTS) is 1. The van der Waals surface area contributed by atoms with Crippen molar-refractivity contribution >= 4 is 33.9 Å². The molecule has 1 aromatic heterocycles. The average molecular weight is 515 g/mol. The first-order chi connectivity index (χ1) is 17.1. The number of fused-ring (bicyclic) bond motifs is 1. The van der Waals surface area contributed by atoms with Gasteiger partial charge in [0.05, 0.1) is 17.0 Å². The van der Waals surface area contributed by atoms with Crippen molar-refractivity contribution in [2.75, 3.05) is 0 Å². The van der Waals surface area contributed by atoms with Gasteiger partial charge in [0.25, 0.3) is 0 Å². The van der Waals surface area contributed by atoms with Crippen LogP contribution in [-0.2, 0) is 24.0 Å². The molecule has 1 unspecified atom stereocenters. The second-order valence-corrected chi connectivity index (χ2v) is 9.26. The van der Waals surface area contributed by atoms with Gasteiger partial charge in [0.15, 0.2) is 5.78 Å². The number of ketones is 1. The van der Waals surface area contributed by atoms with Crippen molar-refractivity contribution in [3.05, 3.63) is 99.7 Å². The number of carbonyl (C=O) groups is 2. The second kappa shape index (κ2) is 11.9. The van der Waals surface area contributed by atoms with Crippen LogP contribution in [0.25, 0.3) is 10.8 Å². The number of carbonyl (C=O) groups excluding carboxylic acids is 1. The standard InChI is InChI=1S/C20H15F3O2.C8H10O2S/c1-13(24)17-11-8-15-4-2-3-5-18(15)19(17)25-12-14-6-9-16(10-7-14)20(21,22)23;1-6(8(9)10)5-7-3-2-4-11-7/h2-11H,12H2,1H3;2-4,6H,5H2,1H3,(H,9,10). The van der Waals surface area contributed by atoms with Crippen molar-refractivity contribution < 1.29 is 32.6 Å². The summed E-state index contributed by atoms with van der Waals surface area (Å²) < 4.78 is 43.7. The summed E-state index contributed by atoms with van der Waals surface area (Å²) in [6.45, 7) is 3.25. The fourth-order valence-corrected chi connectivity index (χ4v) is 4.27. The molecule has 0 bridgehead atoms. The highest BCUT2D eigenvalue weighted by molar-refractivity contribution is 7.09. The first-order valence-electron chi connectivity index (χ1n) is 11.1. The number of alkyl halides is 3. The quantitative estimate of drug-likeness (QED) is 0.257. The number of thiophene rings is 1. The van der Waals surface area contributed by atoms with Gasteiger partial charge in [0.2, 0.25) is 0 Å². The van der Waals surface area contributed by atoms with E-state index < -0.39 is 17.7 Å². The van der Waals surface area contributed by atoms with Crippen LogP contribution in [0, 0.1) is 5.92 Å². The third kappa shape index (κ3) is 7.18. The van der Waals surface area contributed by atoms with Crippen LogP contribution in [0.1, 0.15) is 40.2 Å². The van der Waals surface area contributed by atoms with Gasteiger partial charge in [0, 0.05) is 10.3 Å². The Kier molecular flexibility index (Phi) is 8.88. The highest BCUT2D eigenvalue weighted by atomic mass is 32.1. The topological polar surface area (TPSA) is 63.6 Å². The highest BCUT2D eigenvalue weighted by Gasteiger charge is 2.29. The summed E-state index contributed by atoms with van der Waals surface area (Å²) in [5.74, 6) is -0.675. The van der Waals surface area contributed by atoms with E-state index in [1.54, 1.807) is 24.3 Å². The molecule has 4 nitrogen and oxygen atoms in total. The first kappa shape index (κ1) is 26.9. The maximum atomic E-state index is 12.6. The monoisotopic (exact) mass is 514 g/mol. The van der Waals surface area contributed by atoms with E-state index >= 15 is 0 Å². The molecule has 3 aromatic carbocycles. The number of rotatable bonds is 7. The van der Waals surface area contributed by atoms with Gasteiger partial charge < -0.3 is 9.84 Å². The van der Waals surface area contributed by atoms with E-state index in [0.29, 0.717) is 23.3 Å². The normalized spacial score (nSPS) is 11.9. The lowest BCUT2D eigenvalue weighted by Crippen LogP contribution is -2.11. The smallest absolute Gasteiger partial charge is 0.416 e. The average Bonchev–Trinajstić information content (AvgIpc) is 3.35. The van der Waals surface area contributed by atoms with Gasteiger partial charge in [0.1, 0.15) is 12.4 Å². The van der Waals surface area contributed by atoms with Crippen molar-refractivity contribution in [1.29, 1.82) is 0 Å². The SMILES string of the molecule is CC(=O)c1ccc2ccccc2c1OCc1ccc(C(F)(F)F)cc1.CC(Cc1cccs1)C(=O)O. The second-order valence-electron chi connectivity index (χ2n) is 8.23. The van der Waals surface area contributed by atoms with Crippen LogP contribution in [0.15, 0.2) is 78.2 Å². The summed E-state index contributed by atoms with van der Waals surface area (Å²) in [6.07, 6.45) is -3.72. The fraction of sp³-hybridized carbons (Fsp3) is 0.214. The van der Waals surface area contributed by atoms with Gasteiger partial charge in [-0.2, -0.15) is 13.2 Å². The largest absolute Gasteiger partial charge is 0.487 e. The number of hydrogen-bond acceptors (Lipinski definition) is 4. The number of aliphatic carboxylic acids is 1. The minimum atomic E-state index is -4.36. The predicted molar refractivity (Wildman–Crippen MR) is 135 cm³/mol. The van der Waals surface area contributed by atoms with Crippen LogP contribution in [0.4, 0.5) is 13.2 Å². The molecular weight excluding hydrogens is 489 g/mol. The maximum absolute atomic E-state index is 12.6. The summed E-state index contributed by atoms with van der Waals surface area (Å²) in [6, 6.07) is 19.7. The summed E-state index contributed by atoms with van der Waals surface area (Å²) in [7, 11) is 0. The lowest BCUT2D eigenvalue weighted by molar-refractivity contribution is -0.141. The Labute approximate surface area is 211 Å².